The van der Waals surface area contributed by atoms with Gasteiger partial charge in [0.25, 0.3) is 0 Å². The molecule has 0 atom stereocenters. The first-order valence-electron chi connectivity index (χ1n) is 4.25. The summed E-state index contributed by atoms with van der Waals surface area (Å²) in [7, 11) is -1.90. The highest BCUT2D eigenvalue weighted by molar-refractivity contribution is 7.33. The van der Waals surface area contributed by atoms with Crippen molar-refractivity contribution in [2.24, 2.45) is 11.8 Å². The van der Waals surface area contributed by atoms with Crippen LogP contribution in [0.25, 0.3) is 0 Å². The van der Waals surface area contributed by atoms with Crippen LogP contribution in [0.1, 0.15) is 27.7 Å². The van der Waals surface area contributed by atoms with Crippen molar-refractivity contribution < 1.29 is 13.6 Å². The van der Waals surface area contributed by atoms with Gasteiger partial charge in [-0.3, -0.25) is 9.05 Å². The van der Waals surface area contributed by atoms with E-state index in [0.29, 0.717) is 25.0 Å². The van der Waals surface area contributed by atoms with Gasteiger partial charge in [-0.1, -0.05) is 27.7 Å². The molecule has 3 nitrogen and oxygen atoms in total. The molecule has 0 aliphatic rings. The summed E-state index contributed by atoms with van der Waals surface area (Å²) in [6.07, 6.45) is 0. The fourth-order valence-corrected chi connectivity index (χ4v) is 1.37. The van der Waals surface area contributed by atoms with E-state index >= 15 is 0 Å². The Balaban J connectivity index is 3.34. The van der Waals surface area contributed by atoms with Crippen LogP contribution in [0.2, 0.25) is 0 Å². The van der Waals surface area contributed by atoms with Crippen molar-refractivity contribution in [1.82, 2.24) is 0 Å². The highest BCUT2D eigenvalue weighted by Gasteiger charge is 2.04. The summed E-state index contributed by atoms with van der Waals surface area (Å²) in [5.74, 6) is 0.790. The second-order valence-corrected chi connectivity index (χ2v) is 4.57. The molecule has 0 N–H and O–H groups in total. The molecule has 1 radical (unpaired) electrons. The molecule has 0 amide bonds. The predicted octanol–water partition coefficient (Wildman–Crippen LogP) is 2.99. The van der Waals surface area contributed by atoms with Crippen LogP contribution in [-0.2, 0) is 13.6 Å². The van der Waals surface area contributed by atoms with Crippen LogP contribution in [-0.4, -0.2) is 13.2 Å². The van der Waals surface area contributed by atoms with Gasteiger partial charge in [0.2, 0.25) is 0 Å². The average molecular weight is 193 g/mol. The van der Waals surface area contributed by atoms with E-state index in [2.05, 4.69) is 0 Å². The lowest BCUT2D eigenvalue weighted by Gasteiger charge is -2.06. The zero-order valence-corrected chi connectivity index (χ0v) is 9.14. The van der Waals surface area contributed by atoms with Gasteiger partial charge in [-0.05, 0) is 11.8 Å². The summed E-state index contributed by atoms with van der Waals surface area (Å²) < 4.78 is 20.8. The molecule has 0 heterocycles. The maximum atomic E-state index is 11.0. The molecule has 4 heteroatoms. The van der Waals surface area contributed by atoms with Crippen molar-refractivity contribution in [3.8, 4) is 0 Å². The molecule has 0 aromatic rings. The highest BCUT2D eigenvalue weighted by Crippen LogP contribution is 2.25. The first-order chi connectivity index (χ1) is 5.52. The summed E-state index contributed by atoms with van der Waals surface area (Å²) in [5.41, 5.74) is 0. The van der Waals surface area contributed by atoms with Crippen LogP contribution in [0, 0.1) is 11.8 Å². The molecule has 0 aliphatic carbocycles. The molecule has 0 fully saturated rings. The summed E-state index contributed by atoms with van der Waals surface area (Å²) in [6, 6.07) is 0. The Hall–Kier alpha value is 0.0200. The van der Waals surface area contributed by atoms with Crippen LogP contribution in [0.3, 0.4) is 0 Å². The van der Waals surface area contributed by atoms with E-state index in [4.69, 9.17) is 9.05 Å². The van der Waals surface area contributed by atoms with Gasteiger partial charge in [0, 0.05) is 0 Å². The van der Waals surface area contributed by atoms with E-state index in [0.717, 1.165) is 0 Å². The summed E-state index contributed by atoms with van der Waals surface area (Å²) >= 11 is 0. The van der Waals surface area contributed by atoms with E-state index in [1.165, 1.54) is 0 Å². The standard InChI is InChI=1S/C8H18O3P/c1-7(2)5-10-12(9)11-6-8(3)4/h7-8H,5-6H2,1-4H3. The van der Waals surface area contributed by atoms with Crippen molar-refractivity contribution in [3.63, 3.8) is 0 Å². The minimum atomic E-state index is -1.90. The Morgan fingerprint density at radius 3 is 1.58 bits per heavy atom. The minimum Gasteiger partial charge on any atom is -0.283 e. The van der Waals surface area contributed by atoms with Crippen molar-refractivity contribution in [2.45, 2.75) is 27.7 Å². The predicted molar refractivity (Wildman–Crippen MR) is 49.2 cm³/mol. The third kappa shape index (κ3) is 8.12. The van der Waals surface area contributed by atoms with Crippen LogP contribution < -0.4 is 0 Å². The molecule has 12 heavy (non-hydrogen) atoms. The number of rotatable bonds is 6. The quantitative estimate of drug-likeness (QED) is 0.608. The van der Waals surface area contributed by atoms with Crippen molar-refractivity contribution >= 4 is 8.25 Å². The Morgan fingerprint density at radius 2 is 1.33 bits per heavy atom. The fourth-order valence-electron chi connectivity index (χ4n) is 0.457. The topological polar surface area (TPSA) is 35.5 Å². The number of hydrogen-bond acceptors (Lipinski definition) is 3. The van der Waals surface area contributed by atoms with Gasteiger partial charge < -0.3 is 0 Å². The third-order valence-corrected chi connectivity index (χ3v) is 1.75. The molecule has 0 unspecified atom stereocenters. The second kappa shape index (κ2) is 6.53. The minimum absolute atomic E-state index is 0.395. The molecule has 0 bridgehead atoms. The fraction of sp³-hybridized carbons (Fsp3) is 1.00. The van der Waals surface area contributed by atoms with Crippen molar-refractivity contribution in [1.29, 1.82) is 0 Å². The smallest absolute Gasteiger partial charge is 0.283 e. The molecule has 0 rings (SSSR count). The summed E-state index contributed by atoms with van der Waals surface area (Å²) in [4.78, 5) is 0. The molecule has 0 saturated carbocycles. The lowest BCUT2D eigenvalue weighted by Crippen LogP contribution is -2.00. The van der Waals surface area contributed by atoms with Gasteiger partial charge in [0.1, 0.15) is 0 Å². The Labute approximate surface area is 75.4 Å². The highest BCUT2D eigenvalue weighted by atomic mass is 31.1. The monoisotopic (exact) mass is 193 g/mol. The molecule has 0 aliphatic heterocycles. The summed E-state index contributed by atoms with van der Waals surface area (Å²) in [5, 5.41) is 0. The molecule has 0 spiro atoms. The van der Waals surface area contributed by atoms with Gasteiger partial charge in [-0.15, -0.1) is 0 Å². The van der Waals surface area contributed by atoms with Crippen molar-refractivity contribution in [2.75, 3.05) is 13.2 Å². The normalized spacial score (nSPS) is 11.2. The Morgan fingerprint density at radius 1 is 1.00 bits per heavy atom. The zero-order valence-electron chi connectivity index (χ0n) is 8.24. The molecule has 73 valence electrons. The van der Waals surface area contributed by atoms with Gasteiger partial charge >= 0.3 is 8.25 Å². The molecular formula is C8H18O3P. The second-order valence-electron chi connectivity index (χ2n) is 3.60. The lowest BCUT2D eigenvalue weighted by molar-refractivity contribution is 0.192. The Kier molecular flexibility index (Phi) is 6.54. The number of hydrogen-bond donors (Lipinski definition) is 0. The Bertz CT molecular complexity index is 120. The van der Waals surface area contributed by atoms with Crippen LogP contribution in [0.4, 0.5) is 0 Å². The van der Waals surface area contributed by atoms with Crippen LogP contribution >= 0.6 is 8.25 Å². The van der Waals surface area contributed by atoms with Gasteiger partial charge in [-0.2, -0.15) is 0 Å². The molecule has 0 aromatic carbocycles. The van der Waals surface area contributed by atoms with Gasteiger partial charge in [-0.25, -0.2) is 4.57 Å². The average Bonchev–Trinajstić information content (AvgIpc) is 1.96. The van der Waals surface area contributed by atoms with E-state index in [1.54, 1.807) is 0 Å². The lowest BCUT2D eigenvalue weighted by atomic mass is 10.2. The van der Waals surface area contributed by atoms with Crippen LogP contribution in [0.5, 0.6) is 0 Å². The first-order valence-corrected chi connectivity index (χ1v) is 5.35. The zero-order chi connectivity index (χ0) is 9.56. The largest absolute Gasteiger partial charge is 0.368 e. The maximum Gasteiger partial charge on any atom is 0.368 e. The first kappa shape index (κ1) is 12.0. The van der Waals surface area contributed by atoms with Gasteiger partial charge in [0.05, 0.1) is 13.2 Å². The van der Waals surface area contributed by atoms with E-state index in [9.17, 15) is 4.57 Å². The molecule has 0 aromatic heterocycles. The third-order valence-electron chi connectivity index (χ3n) is 1.03. The molecule has 0 saturated heterocycles. The molecular weight excluding hydrogens is 175 g/mol. The SMILES string of the molecule is CC(C)CO[P](=O)OCC(C)C. The van der Waals surface area contributed by atoms with Crippen LogP contribution in [0.15, 0.2) is 0 Å². The van der Waals surface area contributed by atoms with E-state index < -0.39 is 8.25 Å². The van der Waals surface area contributed by atoms with E-state index in [1.807, 2.05) is 27.7 Å². The summed E-state index contributed by atoms with van der Waals surface area (Å²) in [6.45, 7) is 9.01. The maximum absolute atomic E-state index is 11.0. The van der Waals surface area contributed by atoms with Gasteiger partial charge in [0.15, 0.2) is 0 Å². The van der Waals surface area contributed by atoms with Crippen molar-refractivity contribution in [3.05, 3.63) is 0 Å². The van der Waals surface area contributed by atoms with E-state index in [-0.39, 0.29) is 0 Å².